The molecule has 38 heavy (non-hydrogen) atoms. The van der Waals surface area contributed by atoms with E-state index < -0.39 is 0 Å². The summed E-state index contributed by atoms with van der Waals surface area (Å²) in [5.41, 5.74) is 3.82. The van der Waals surface area contributed by atoms with Gasteiger partial charge >= 0.3 is 0 Å². The predicted octanol–water partition coefficient (Wildman–Crippen LogP) is 5.26. The third kappa shape index (κ3) is 4.41. The lowest BCUT2D eigenvalue weighted by Crippen LogP contribution is -1.99. The summed E-state index contributed by atoms with van der Waals surface area (Å²) in [6.07, 6.45) is 1.81. The van der Waals surface area contributed by atoms with Gasteiger partial charge in [-0.25, -0.2) is 9.67 Å². The van der Waals surface area contributed by atoms with E-state index in [4.69, 9.17) is 33.4 Å². The number of fused-ring (bicyclic) bond motifs is 1. The van der Waals surface area contributed by atoms with Crippen LogP contribution in [-0.4, -0.2) is 62.6 Å². The van der Waals surface area contributed by atoms with Gasteiger partial charge in [-0.2, -0.15) is 0 Å². The van der Waals surface area contributed by atoms with Crippen molar-refractivity contribution in [2.75, 3.05) is 42.7 Å². The van der Waals surface area contributed by atoms with Gasteiger partial charge in [0.1, 0.15) is 33.6 Å². The maximum atomic E-state index is 5.72. The summed E-state index contributed by atoms with van der Waals surface area (Å²) in [6, 6.07) is 13.2. The van der Waals surface area contributed by atoms with Gasteiger partial charge in [0.2, 0.25) is 5.75 Å². The van der Waals surface area contributed by atoms with Gasteiger partial charge in [-0.05, 0) is 30.3 Å². The summed E-state index contributed by atoms with van der Waals surface area (Å²) in [5.74, 6) is 3.59. The van der Waals surface area contributed by atoms with Gasteiger partial charge in [-0.15, -0.1) is 16.4 Å². The van der Waals surface area contributed by atoms with Crippen molar-refractivity contribution in [2.24, 2.45) is 0 Å². The normalized spacial score (nSPS) is 10.9. The zero-order valence-electron chi connectivity index (χ0n) is 21.8. The molecule has 0 radical (unpaired) electrons. The van der Waals surface area contributed by atoms with Crippen molar-refractivity contribution in [3.63, 3.8) is 0 Å². The molecule has 196 valence electrons. The van der Waals surface area contributed by atoms with Crippen LogP contribution in [0.4, 0.5) is 0 Å². The van der Waals surface area contributed by atoms with E-state index in [9.17, 15) is 0 Å². The molecule has 2 aromatic heterocycles. The Morgan fingerprint density at radius 2 is 1.37 bits per heavy atom. The molecule has 10 nitrogen and oxygen atoms in total. The van der Waals surface area contributed by atoms with Crippen LogP contribution in [0.3, 0.4) is 0 Å². The molecule has 5 aromatic rings. The van der Waals surface area contributed by atoms with Crippen LogP contribution in [0.2, 0.25) is 0 Å². The summed E-state index contributed by atoms with van der Waals surface area (Å²) in [7, 11) is 9.58. The minimum Gasteiger partial charge on any atom is -0.497 e. The van der Waals surface area contributed by atoms with Gasteiger partial charge in [0.05, 0.1) is 59.1 Å². The van der Waals surface area contributed by atoms with E-state index in [-0.39, 0.29) is 0 Å². The first-order valence-corrected chi connectivity index (χ1v) is 12.3. The van der Waals surface area contributed by atoms with Crippen molar-refractivity contribution < 1.29 is 28.4 Å². The highest BCUT2D eigenvalue weighted by atomic mass is 32.1. The van der Waals surface area contributed by atoms with Gasteiger partial charge in [0.25, 0.3) is 0 Å². The topological polar surface area (TPSA) is 99.0 Å². The van der Waals surface area contributed by atoms with Gasteiger partial charge < -0.3 is 28.4 Å². The van der Waals surface area contributed by atoms with E-state index in [1.54, 1.807) is 47.3 Å². The Morgan fingerprint density at radius 1 is 0.684 bits per heavy atom. The van der Waals surface area contributed by atoms with E-state index in [1.165, 1.54) is 11.3 Å². The maximum absolute atomic E-state index is 5.72. The van der Waals surface area contributed by atoms with Crippen LogP contribution in [0, 0.1) is 0 Å². The Labute approximate surface area is 223 Å². The van der Waals surface area contributed by atoms with Crippen LogP contribution in [0.1, 0.15) is 0 Å². The molecule has 0 saturated carbocycles. The van der Waals surface area contributed by atoms with Crippen LogP contribution in [0.5, 0.6) is 34.5 Å². The first-order chi connectivity index (χ1) is 18.5. The number of benzene rings is 3. The van der Waals surface area contributed by atoms with E-state index in [0.29, 0.717) is 40.2 Å². The molecule has 3 aromatic carbocycles. The quantitative estimate of drug-likeness (QED) is 0.251. The molecule has 0 spiro atoms. The SMILES string of the molecule is COc1cc(OC)c2sc(-c3ccc(-n4cc(-c5cc(OC)c(OC)c(OC)c5)nn4)c(OC)c3)nc2c1. The molecular weight excluding hydrogens is 508 g/mol. The molecule has 0 bridgehead atoms. The van der Waals surface area contributed by atoms with Crippen molar-refractivity contribution in [1.82, 2.24) is 20.0 Å². The number of nitrogens with zero attached hydrogens (tertiary/aromatic N) is 4. The Balaban J connectivity index is 1.52. The highest BCUT2D eigenvalue weighted by Gasteiger charge is 2.18. The lowest BCUT2D eigenvalue weighted by molar-refractivity contribution is 0.324. The predicted molar refractivity (Wildman–Crippen MR) is 145 cm³/mol. The van der Waals surface area contributed by atoms with Gasteiger partial charge in [-0.1, -0.05) is 5.21 Å². The van der Waals surface area contributed by atoms with Crippen LogP contribution >= 0.6 is 11.3 Å². The fraction of sp³-hybridized carbons (Fsp3) is 0.222. The number of methoxy groups -OCH3 is 6. The van der Waals surface area contributed by atoms with Crippen LogP contribution in [0.15, 0.2) is 48.7 Å². The molecule has 0 fully saturated rings. The van der Waals surface area contributed by atoms with Gasteiger partial charge in [-0.3, -0.25) is 0 Å². The summed E-state index contributed by atoms with van der Waals surface area (Å²) >= 11 is 1.54. The smallest absolute Gasteiger partial charge is 0.203 e. The molecule has 5 rings (SSSR count). The lowest BCUT2D eigenvalue weighted by atomic mass is 10.1. The average molecular weight is 535 g/mol. The molecule has 0 aliphatic heterocycles. The monoisotopic (exact) mass is 534 g/mol. The molecule has 2 heterocycles. The van der Waals surface area contributed by atoms with E-state index in [2.05, 4.69) is 10.3 Å². The second-order valence-corrected chi connectivity index (χ2v) is 9.04. The fourth-order valence-electron chi connectivity index (χ4n) is 4.11. The summed E-state index contributed by atoms with van der Waals surface area (Å²) in [6.45, 7) is 0. The highest BCUT2D eigenvalue weighted by molar-refractivity contribution is 7.22. The van der Waals surface area contributed by atoms with Crippen molar-refractivity contribution >= 4 is 21.6 Å². The van der Waals surface area contributed by atoms with E-state index >= 15 is 0 Å². The summed E-state index contributed by atoms with van der Waals surface area (Å²) in [5, 5.41) is 9.52. The Morgan fingerprint density at radius 3 is 2.00 bits per heavy atom. The molecule has 0 saturated heterocycles. The Kier molecular flexibility index (Phi) is 6.93. The Hall–Kier alpha value is -4.51. The molecular formula is C27H26N4O6S. The molecule has 0 atom stereocenters. The number of hydrogen-bond donors (Lipinski definition) is 0. The highest BCUT2D eigenvalue weighted by Crippen LogP contribution is 2.42. The summed E-state index contributed by atoms with van der Waals surface area (Å²) in [4.78, 5) is 4.80. The zero-order chi connectivity index (χ0) is 26.8. The first-order valence-electron chi connectivity index (χ1n) is 11.5. The van der Waals surface area contributed by atoms with Crippen molar-refractivity contribution in [2.45, 2.75) is 0 Å². The minimum absolute atomic E-state index is 0.509. The van der Waals surface area contributed by atoms with E-state index in [0.717, 1.165) is 32.0 Å². The number of hydrogen-bond acceptors (Lipinski definition) is 10. The van der Waals surface area contributed by atoms with Gasteiger partial charge in [0.15, 0.2) is 11.5 Å². The molecule has 11 heteroatoms. The maximum Gasteiger partial charge on any atom is 0.203 e. The van der Waals surface area contributed by atoms with Crippen LogP contribution in [-0.2, 0) is 0 Å². The second kappa shape index (κ2) is 10.5. The molecule has 0 aliphatic rings. The molecule has 0 unspecified atom stereocenters. The zero-order valence-corrected chi connectivity index (χ0v) is 22.6. The third-order valence-corrected chi connectivity index (χ3v) is 7.15. The number of ether oxygens (including phenoxy) is 6. The average Bonchev–Trinajstić information content (AvgIpc) is 3.63. The van der Waals surface area contributed by atoms with Crippen LogP contribution in [0.25, 0.3) is 37.7 Å². The number of aromatic nitrogens is 4. The number of thiazole rings is 1. The standard InChI is InChI=1S/C27H26N4O6S/c1-32-17-12-18-26(24(13-17)36-5)38-27(28-18)15-7-8-20(21(9-15)33-2)31-14-19(29-30-31)16-10-22(34-3)25(37-6)23(11-16)35-4/h7-14H,1-6H3. The minimum atomic E-state index is 0.509. The van der Waals surface area contributed by atoms with Crippen molar-refractivity contribution in [1.29, 1.82) is 0 Å². The Bertz CT molecular complexity index is 1590. The lowest BCUT2D eigenvalue weighted by Gasteiger charge is -2.13. The number of rotatable bonds is 9. The molecule has 0 N–H and O–H groups in total. The fourth-order valence-corrected chi connectivity index (χ4v) is 5.15. The second-order valence-electron chi connectivity index (χ2n) is 8.05. The summed E-state index contributed by atoms with van der Waals surface area (Å²) < 4.78 is 35.6. The van der Waals surface area contributed by atoms with Gasteiger partial charge in [0, 0.05) is 23.3 Å². The molecule has 0 aliphatic carbocycles. The first kappa shape index (κ1) is 25.2. The largest absolute Gasteiger partial charge is 0.497 e. The third-order valence-electron chi connectivity index (χ3n) is 6.01. The van der Waals surface area contributed by atoms with Crippen molar-refractivity contribution in [3.8, 4) is 62.0 Å². The van der Waals surface area contributed by atoms with Crippen LogP contribution < -0.4 is 28.4 Å². The molecule has 0 amide bonds. The van der Waals surface area contributed by atoms with E-state index in [1.807, 2.05) is 48.7 Å². The van der Waals surface area contributed by atoms with Crippen molar-refractivity contribution in [3.05, 3.63) is 48.7 Å².